The van der Waals surface area contributed by atoms with Gasteiger partial charge in [-0.25, -0.2) is 13.2 Å². The molecule has 1 aliphatic rings. The van der Waals surface area contributed by atoms with Gasteiger partial charge in [-0.2, -0.15) is 12.7 Å². The van der Waals surface area contributed by atoms with E-state index in [0.29, 0.717) is 35.7 Å². The smallest absolute Gasteiger partial charge is 0.301 e. The van der Waals surface area contributed by atoms with Crippen LogP contribution in [0.1, 0.15) is 20.3 Å². The molecule has 1 heterocycles. The second-order valence-electron chi connectivity index (χ2n) is 7.72. The van der Waals surface area contributed by atoms with Gasteiger partial charge in [0.05, 0.1) is 11.4 Å². The molecule has 1 unspecified atom stereocenters. The molecular formula is C20H24F3IN4O2S. The Morgan fingerprint density at radius 1 is 1.13 bits per heavy atom. The summed E-state index contributed by atoms with van der Waals surface area (Å²) in [5, 5.41) is 5.77. The average Bonchev–Trinajstić information content (AvgIpc) is 3.17. The highest BCUT2D eigenvalue weighted by atomic mass is 127. The van der Waals surface area contributed by atoms with Gasteiger partial charge in [-0.1, -0.05) is 13.8 Å². The van der Waals surface area contributed by atoms with Crippen molar-refractivity contribution in [3.63, 3.8) is 0 Å². The number of nitrogens with zero attached hydrogens (tertiary/aromatic N) is 1. The monoisotopic (exact) mass is 568 g/mol. The lowest BCUT2D eigenvalue weighted by Crippen LogP contribution is -2.36. The molecule has 1 saturated heterocycles. The van der Waals surface area contributed by atoms with Crippen molar-refractivity contribution in [2.45, 2.75) is 26.3 Å². The normalized spacial score (nSPS) is 17.3. The number of benzene rings is 2. The highest BCUT2D eigenvalue weighted by molar-refractivity contribution is 14.1. The molecule has 1 aliphatic heterocycles. The largest absolute Gasteiger partial charge is 0.349 e. The third-order valence-corrected chi connectivity index (χ3v) is 7.09. The minimum absolute atomic E-state index is 0.105. The molecule has 11 heteroatoms. The van der Waals surface area contributed by atoms with Gasteiger partial charge in [0.1, 0.15) is 11.5 Å². The van der Waals surface area contributed by atoms with Gasteiger partial charge in [-0.3, -0.25) is 4.72 Å². The van der Waals surface area contributed by atoms with E-state index in [1.807, 2.05) is 36.4 Å². The van der Waals surface area contributed by atoms with Gasteiger partial charge in [0.2, 0.25) is 0 Å². The Morgan fingerprint density at radius 2 is 1.84 bits per heavy atom. The first-order valence-corrected chi connectivity index (χ1v) is 12.3. The van der Waals surface area contributed by atoms with E-state index < -0.39 is 33.3 Å². The van der Waals surface area contributed by atoms with Crippen molar-refractivity contribution in [1.29, 1.82) is 0 Å². The molecule has 2 aromatic rings. The van der Waals surface area contributed by atoms with Crippen molar-refractivity contribution >= 4 is 49.9 Å². The molecule has 0 radical (unpaired) electrons. The van der Waals surface area contributed by atoms with Crippen LogP contribution in [-0.4, -0.2) is 38.4 Å². The average molecular weight is 568 g/mol. The maximum atomic E-state index is 14.5. The first kappa shape index (κ1) is 24.1. The van der Waals surface area contributed by atoms with Crippen molar-refractivity contribution in [3.05, 3.63) is 51.4 Å². The quantitative estimate of drug-likeness (QED) is 0.413. The zero-order chi connectivity index (χ0) is 22.8. The Bertz CT molecular complexity index is 1050. The van der Waals surface area contributed by atoms with Crippen molar-refractivity contribution < 1.29 is 21.6 Å². The van der Waals surface area contributed by atoms with Gasteiger partial charge in [0, 0.05) is 22.7 Å². The zero-order valence-electron chi connectivity index (χ0n) is 17.1. The van der Waals surface area contributed by atoms with Crippen molar-refractivity contribution in [2.24, 2.45) is 5.92 Å². The summed E-state index contributed by atoms with van der Waals surface area (Å²) in [5.41, 5.74) is -0.798. The highest BCUT2D eigenvalue weighted by Gasteiger charge is 2.32. The van der Waals surface area contributed by atoms with E-state index in [9.17, 15) is 21.6 Å². The first-order valence-electron chi connectivity index (χ1n) is 9.78. The lowest BCUT2D eigenvalue weighted by atomic mass is 10.1. The molecule has 1 fully saturated rings. The van der Waals surface area contributed by atoms with Gasteiger partial charge < -0.3 is 10.6 Å². The van der Waals surface area contributed by atoms with Crippen molar-refractivity contribution in [1.82, 2.24) is 9.62 Å². The van der Waals surface area contributed by atoms with Crippen LogP contribution in [0, 0.1) is 26.9 Å². The summed E-state index contributed by atoms with van der Waals surface area (Å²) in [6.45, 7) is 5.34. The Balaban J connectivity index is 1.82. The molecule has 2 aromatic carbocycles. The molecule has 0 spiro atoms. The molecule has 6 nitrogen and oxygen atoms in total. The van der Waals surface area contributed by atoms with Crippen LogP contribution in [0.5, 0.6) is 0 Å². The van der Waals surface area contributed by atoms with Crippen LogP contribution in [0.25, 0.3) is 0 Å². The summed E-state index contributed by atoms with van der Waals surface area (Å²) in [4.78, 5) is 0. The molecule has 0 amide bonds. The predicted molar refractivity (Wildman–Crippen MR) is 124 cm³/mol. The molecule has 1 atom stereocenters. The van der Waals surface area contributed by atoms with Crippen LogP contribution in [0.2, 0.25) is 0 Å². The summed E-state index contributed by atoms with van der Waals surface area (Å²) in [7, 11) is -4.01. The van der Waals surface area contributed by atoms with Crippen molar-refractivity contribution in [2.75, 3.05) is 29.7 Å². The second kappa shape index (κ2) is 9.92. The SMILES string of the molecule is CC(C)NCC1CCN(S(=O)(=O)Nc2ccc(F)c(F)c2Nc2ccc(I)cc2F)C1. The lowest BCUT2D eigenvalue weighted by molar-refractivity contribution is 0.436. The summed E-state index contributed by atoms with van der Waals surface area (Å²) in [5.74, 6) is -3.01. The van der Waals surface area contributed by atoms with Crippen LogP contribution in [0.15, 0.2) is 30.3 Å². The van der Waals surface area contributed by atoms with Gasteiger partial charge >= 0.3 is 10.2 Å². The van der Waals surface area contributed by atoms with E-state index in [0.717, 1.165) is 12.1 Å². The van der Waals surface area contributed by atoms with Gasteiger partial charge in [0.25, 0.3) is 0 Å². The number of rotatable bonds is 8. The van der Waals surface area contributed by atoms with E-state index >= 15 is 0 Å². The summed E-state index contributed by atoms with van der Waals surface area (Å²) < 4.78 is 72.6. The maximum absolute atomic E-state index is 14.5. The molecule has 0 saturated carbocycles. The predicted octanol–water partition coefficient (Wildman–Crippen LogP) is 4.43. The van der Waals surface area contributed by atoms with Gasteiger partial charge in [0.15, 0.2) is 11.6 Å². The molecule has 31 heavy (non-hydrogen) atoms. The van der Waals surface area contributed by atoms with Gasteiger partial charge in [-0.15, -0.1) is 0 Å². The zero-order valence-corrected chi connectivity index (χ0v) is 20.0. The van der Waals surface area contributed by atoms with E-state index in [4.69, 9.17) is 0 Å². The van der Waals surface area contributed by atoms with Crippen LogP contribution < -0.4 is 15.4 Å². The fraction of sp³-hybridized carbons (Fsp3) is 0.400. The second-order valence-corrected chi connectivity index (χ2v) is 10.6. The highest BCUT2D eigenvalue weighted by Crippen LogP contribution is 2.33. The molecular weight excluding hydrogens is 544 g/mol. The Labute approximate surface area is 193 Å². The number of halogens is 4. The molecule has 0 aliphatic carbocycles. The number of nitrogens with one attached hydrogen (secondary N) is 3. The fourth-order valence-corrected chi connectivity index (χ4v) is 5.05. The Kier molecular flexibility index (Phi) is 7.71. The third-order valence-electron chi connectivity index (χ3n) is 4.93. The van der Waals surface area contributed by atoms with E-state index in [-0.39, 0.29) is 17.3 Å². The number of anilines is 3. The molecule has 3 rings (SSSR count). The van der Waals surface area contributed by atoms with Crippen LogP contribution in [0.4, 0.5) is 30.2 Å². The van der Waals surface area contributed by atoms with Gasteiger partial charge in [-0.05, 0) is 71.8 Å². The summed E-state index contributed by atoms with van der Waals surface area (Å²) in [6.07, 6.45) is 0.692. The molecule has 3 N–H and O–H groups in total. The number of hydrogen-bond acceptors (Lipinski definition) is 4. The fourth-order valence-electron chi connectivity index (χ4n) is 3.27. The molecule has 0 bridgehead atoms. The maximum Gasteiger partial charge on any atom is 0.301 e. The Hall–Kier alpha value is -1.57. The van der Waals surface area contributed by atoms with Crippen molar-refractivity contribution in [3.8, 4) is 0 Å². The minimum atomic E-state index is -4.01. The van der Waals surface area contributed by atoms with E-state index in [2.05, 4.69) is 15.4 Å². The van der Waals surface area contributed by atoms with Crippen LogP contribution >= 0.6 is 22.6 Å². The summed E-state index contributed by atoms with van der Waals surface area (Å²) >= 11 is 1.92. The lowest BCUT2D eigenvalue weighted by Gasteiger charge is -2.21. The first-order chi connectivity index (χ1) is 14.6. The topological polar surface area (TPSA) is 73.5 Å². The molecule has 170 valence electrons. The van der Waals surface area contributed by atoms with E-state index in [1.165, 1.54) is 16.4 Å². The van der Waals surface area contributed by atoms with Crippen LogP contribution in [-0.2, 0) is 10.2 Å². The van der Waals surface area contributed by atoms with E-state index in [1.54, 1.807) is 6.07 Å². The standard InChI is InChI=1S/C20H24F3IN4O2S/c1-12(2)25-10-13-7-8-28(11-13)31(29,30)27-18-6-4-15(21)19(23)20(18)26-17-5-3-14(24)9-16(17)22/h3-6,9,12-13,25-27H,7-8,10-11H2,1-2H3. The van der Waals surface area contributed by atoms with Crippen LogP contribution in [0.3, 0.4) is 0 Å². The third kappa shape index (κ3) is 6.02. The summed E-state index contributed by atoms with van der Waals surface area (Å²) in [6, 6.07) is 6.40. The number of hydrogen-bond donors (Lipinski definition) is 3. The molecule has 0 aromatic heterocycles. The Morgan fingerprint density at radius 3 is 2.52 bits per heavy atom. The minimum Gasteiger partial charge on any atom is -0.349 e.